The summed E-state index contributed by atoms with van der Waals surface area (Å²) in [5, 5.41) is 18.2. The Morgan fingerprint density at radius 2 is 1.30 bits per heavy atom. The molecule has 0 fully saturated rings. The maximum absolute atomic E-state index is 10.9. The molecule has 0 aliphatic rings. The lowest BCUT2D eigenvalue weighted by Gasteiger charge is -2.28. The molecule has 0 aliphatic heterocycles. The second kappa shape index (κ2) is 7.01. The Hall–Kier alpha value is -1.93. The summed E-state index contributed by atoms with van der Waals surface area (Å²) in [4.78, 5) is 0. The van der Waals surface area contributed by atoms with Gasteiger partial charge in [0.05, 0.1) is 5.60 Å². The summed E-state index contributed by atoms with van der Waals surface area (Å²) < 4.78 is 0. The summed E-state index contributed by atoms with van der Waals surface area (Å²) in [6.45, 7) is 0. The standard InChI is InChI=1S/C18H21NO/c19-13-7-12-18(20,14-16-8-3-1-4-9-16)15-17-10-5-2-6-11-17/h1-6,8-11,13,19-20H,7,12,14-15H2. The van der Waals surface area contributed by atoms with Crippen molar-refractivity contribution in [1.82, 2.24) is 0 Å². The third kappa shape index (κ3) is 4.32. The van der Waals surface area contributed by atoms with E-state index in [9.17, 15) is 5.11 Å². The van der Waals surface area contributed by atoms with Gasteiger partial charge in [-0.25, -0.2) is 0 Å². The minimum Gasteiger partial charge on any atom is -0.389 e. The largest absolute Gasteiger partial charge is 0.389 e. The summed E-state index contributed by atoms with van der Waals surface area (Å²) in [6, 6.07) is 20.1. The second-order valence-corrected chi connectivity index (χ2v) is 5.29. The van der Waals surface area contributed by atoms with Crippen LogP contribution in [-0.4, -0.2) is 16.9 Å². The summed E-state index contributed by atoms with van der Waals surface area (Å²) >= 11 is 0. The molecular formula is C18H21NO. The van der Waals surface area contributed by atoms with Gasteiger partial charge >= 0.3 is 0 Å². The molecule has 0 amide bonds. The Bertz CT molecular complexity index is 480. The number of hydrogen-bond acceptors (Lipinski definition) is 2. The van der Waals surface area contributed by atoms with E-state index >= 15 is 0 Å². The molecule has 0 bridgehead atoms. The molecule has 2 aromatic rings. The van der Waals surface area contributed by atoms with Crippen molar-refractivity contribution < 1.29 is 5.11 Å². The van der Waals surface area contributed by atoms with Crippen LogP contribution in [0.15, 0.2) is 60.7 Å². The van der Waals surface area contributed by atoms with Gasteiger partial charge in [-0.1, -0.05) is 60.7 Å². The van der Waals surface area contributed by atoms with Crippen LogP contribution in [0.2, 0.25) is 0 Å². The molecular weight excluding hydrogens is 246 g/mol. The van der Waals surface area contributed by atoms with Crippen molar-refractivity contribution >= 4 is 6.21 Å². The molecule has 0 radical (unpaired) electrons. The van der Waals surface area contributed by atoms with Crippen molar-refractivity contribution in [2.75, 3.05) is 0 Å². The molecule has 2 aromatic carbocycles. The van der Waals surface area contributed by atoms with Crippen molar-refractivity contribution in [3.8, 4) is 0 Å². The van der Waals surface area contributed by atoms with E-state index in [0.717, 1.165) is 11.1 Å². The van der Waals surface area contributed by atoms with Crippen LogP contribution in [0.5, 0.6) is 0 Å². The number of hydrogen-bond donors (Lipinski definition) is 2. The second-order valence-electron chi connectivity index (χ2n) is 5.29. The number of nitrogens with one attached hydrogen (secondary N) is 1. The fourth-order valence-corrected chi connectivity index (χ4v) is 2.53. The van der Waals surface area contributed by atoms with Crippen molar-refractivity contribution in [1.29, 1.82) is 5.41 Å². The smallest absolute Gasteiger partial charge is 0.0731 e. The first-order valence-electron chi connectivity index (χ1n) is 7.01. The fraction of sp³-hybridized carbons (Fsp3) is 0.278. The quantitative estimate of drug-likeness (QED) is 0.739. The van der Waals surface area contributed by atoms with Gasteiger partial charge in [0, 0.05) is 12.8 Å². The monoisotopic (exact) mass is 267 g/mol. The zero-order chi connectivity index (χ0) is 14.3. The van der Waals surface area contributed by atoms with Crippen molar-refractivity contribution in [3.05, 3.63) is 71.8 Å². The molecule has 2 nitrogen and oxygen atoms in total. The summed E-state index contributed by atoms with van der Waals surface area (Å²) in [7, 11) is 0. The van der Waals surface area contributed by atoms with Crippen LogP contribution < -0.4 is 0 Å². The van der Waals surface area contributed by atoms with Crippen LogP contribution in [0.25, 0.3) is 0 Å². The van der Waals surface area contributed by atoms with Gasteiger partial charge < -0.3 is 10.5 Å². The fourth-order valence-electron chi connectivity index (χ4n) is 2.53. The Kier molecular flexibility index (Phi) is 5.08. The molecule has 0 atom stereocenters. The van der Waals surface area contributed by atoms with E-state index < -0.39 is 5.60 Å². The highest BCUT2D eigenvalue weighted by Crippen LogP contribution is 2.24. The Morgan fingerprint density at radius 3 is 1.70 bits per heavy atom. The molecule has 0 unspecified atom stereocenters. The molecule has 0 heterocycles. The first kappa shape index (κ1) is 14.5. The van der Waals surface area contributed by atoms with Gasteiger partial charge in [0.2, 0.25) is 0 Å². The Morgan fingerprint density at radius 1 is 0.850 bits per heavy atom. The molecule has 2 N–H and O–H groups in total. The van der Waals surface area contributed by atoms with Gasteiger partial charge in [0.15, 0.2) is 0 Å². The lowest BCUT2D eigenvalue weighted by atomic mass is 9.84. The van der Waals surface area contributed by atoms with E-state index in [-0.39, 0.29) is 0 Å². The maximum atomic E-state index is 10.9. The molecule has 2 rings (SSSR count). The van der Waals surface area contributed by atoms with Gasteiger partial charge in [0.1, 0.15) is 0 Å². The highest BCUT2D eigenvalue weighted by atomic mass is 16.3. The molecule has 0 aliphatic carbocycles. The summed E-state index contributed by atoms with van der Waals surface area (Å²) in [5.74, 6) is 0. The van der Waals surface area contributed by atoms with Crippen LogP contribution in [0.3, 0.4) is 0 Å². The normalized spacial score (nSPS) is 11.2. The van der Waals surface area contributed by atoms with Gasteiger partial charge in [-0.05, 0) is 30.2 Å². The average Bonchev–Trinajstić information content (AvgIpc) is 2.47. The molecule has 0 aromatic heterocycles. The Balaban J connectivity index is 2.14. The van der Waals surface area contributed by atoms with Crippen LogP contribution in [-0.2, 0) is 12.8 Å². The zero-order valence-corrected chi connectivity index (χ0v) is 11.6. The Labute approximate surface area is 120 Å². The number of rotatable bonds is 7. The molecule has 0 saturated carbocycles. The summed E-state index contributed by atoms with van der Waals surface area (Å²) in [6.07, 6.45) is 3.84. The predicted octanol–water partition coefficient (Wildman–Crippen LogP) is 3.63. The van der Waals surface area contributed by atoms with Crippen LogP contribution in [0.4, 0.5) is 0 Å². The van der Waals surface area contributed by atoms with Gasteiger partial charge in [0.25, 0.3) is 0 Å². The van der Waals surface area contributed by atoms with Crippen molar-refractivity contribution in [3.63, 3.8) is 0 Å². The zero-order valence-electron chi connectivity index (χ0n) is 11.6. The van der Waals surface area contributed by atoms with E-state index in [1.807, 2.05) is 60.7 Å². The lowest BCUT2D eigenvalue weighted by Crippen LogP contribution is -2.34. The van der Waals surface area contributed by atoms with Crippen LogP contribution >= 0.6 is 0 Å². The molecule has 2 heteroatoms. The highest BCUT2D eigenvalue weighted by molar-refractivity contribution is 5.52. The first-order valence-corrected chi connectivity index (χ1v) is 7.01. The highest BCUT2D eigenvalue weighted by Gasteiger charge is 2.26. The molecule has 20 heavy (non-hydrogen) atoms. The van der Waals surface area contributed by atoms with Crippen molar-refractivity contribution in [2.24, 2.45) is 0 Å². The molecule has 104 valence electrons. The predicted molar refractivity (Wildman–Crippen MR) is 83.3 cm³/mol. The number of aliphatic hydroxyl groups is 1. The lowest BCUT2D eigenvalue weighted by molar-refractivity contribution is 0.0342. The van der Waals surface area contributed by atoms with Gasteiger partial charge in [-0.15, -0.1) is 0 Å². The van der Waals surface area contributed by atoms with E-state index in [0.29, 0.717) is 25.7 Å². The minimum absolute atomic E-state index is 0.607. The van der Waals surface area contributed by atoms with Crippen LogP contribution in [0, 0.1) is 5.41 Å². The third-order valence-corrected chi connectivity index (χ3v) is 3.51. The average molecular weight is 267 g/mol. The van der Waals surface area contributed by atoms with Crippen LogP contribution in [0.1, 0.15) is 24.0 Å². The van der Waals surface area contributed by atoms with E-state index in [4.69, 9.17) is 5.41 Å². The van der Waals surface area contributed by atoms with Gasteiger partial charge in [-0.2, -0.15) is 0 Å². The van der Waals surface area contributed by atoms with E-state index in [1.165, 1.54) is 6.21 Å². The van der Waals surface area contributed by atoms with Crippen molar-refractivity contribution in [2.45, 2.75) is 31.3 Å². The van der Waals surface area contributed by atoms with E-state index in [2.05, 4.69) is 0 Å². The van der Waals surface area contributed by atoms with E-state index in [1.54, 1.807) is 0 Å². The topological polar surface area (TPSA) is 44.1 Å². The number of benzene rings is 2. The summed E-state index contributed by atoms with van der Waals surface area (Å²) in [5.41, 5.74) is 1.48. The SMILES string of the molecule is N=CCCC(O)(Cc1ccccc1)Cc1ccccc1. The third-order valence-electron chi connectivity index (χ3n) is 3.51. The first-order chi connectivity index (χ1) is 9.72. The van der Waals surface area contributed by atoms with Gasteiger partial charge in [-0.3, -0.25) is 0 Å². The minimum atomic E-state index is -0.791. The molecule has 0 saturated heterocycles. The molecule has 0 spiro atoms. The maximum Gasteiger partial charge on any atom is 0.0731 e.